The first-order valence-electron chi connectivity index (χ1n) is 16.1. The minimum atomic E-state index is -5.28. The molecule has 1 amide bonds. The highest BCUT2D eigenvalue weighted by molar-refractivity contribution is 7.98. The number of anilines is 1. The average molecular weight is 840 g/mol. The van der Waals surface area contributed by atoms with Gasteiger partial charge in [-0.25, -0.2) is 0 Å². The van der Waals surface area contributed by atoms with Crippen molar-refractivity contribution in [3.05, 3.63) is 108 Å². The van der Waals surface area contributed by atoms with E-state index >= 15 is 0 Å². The molecule has 6 aromatic rings. The van der Waals surface area contributed by atoms with Crippen LogP contribution in [-0.2, 0) is 30.8 Å². The maximum Gasteiger partial charge on any atom is 0.471 e. The Kier molecular flexibility index (Phi) is 11.4. The Morgan fingerprint density at radius 3 is 1.75 bits per heavy atom. The maximum atomic E-state index is 13.3. The van der Waals surface area contributed by atoms with Crippen LogP contribution in [0.25, 0.3) is 32.7 Å². The molecular formula is C37H28F3N5O7S4. The number of aryl methyl sites for hydroxylation is 1. The first-order chi connectivity index (χ1) is 26.4. The summed E-state index contributed by atoms with van der Waals surface area (Å²) in [6, 6.07) is 24.6. The van der Waals surface area contributed by atoms with Gasteiger partial charge in [-0.2, -0.15) is 52.9 Å². The van der Waals surface area contributed by atoms with Gasteiger partial charge >= 0.3 is 12.1 Å². The Balaban J connectivity index is 1.36. The summed E-state index contributed by atoms with van der Waals surface area (Å²) in [6.45, 7) is 1.77. The molecule has 0 atom stereocenters. The number of nitrogens with one attached hydrogen (secondary N) is 1. The Hall–Kier alpha value is -5.18. The van der Waals surface area contributed by atoms with Crippen LogP contribution in [0.5, 0.6) is 0 Å². The van der Waals surface area contributed by atoms with E-state index in [0.717, 1.165) is 16.5 Å². The SMILES string of the molecule is CSc1cc(-c2ccc(N=Nc3cc(S(=O)(=O)O)c4ccccc4c3NC(=O)C(F)(F)F)c(CS)c2)ccc1N=Nc1cc(S(=O)(=O)O)c2ccccc2c1C. The standard InChI is InChI=1S/C37H28F3N5O7S4/c1-20-24-7-3-4-8-25(24)33(55(47,48)49)17-30(20)44-43-29-14-12-22(16-32(29)54-2)21-11-13-28(23(15-21)19-53)42-45-31-18-34(56(50,51)52)26-9-5-6-10-27(26)35(31)41-36(46)37(38,39)40/h3-18,53H,19H2,1-2H3,(H,41,46)(H,47,48,49)(H,50,51,52). The highest BCUT2D eigenvalue weighted by atomic mass is 32.2. The van der Waals surface area contributed by atoms with E-state index in [-0.39, 0.29) is 32.8 Å². The number of rotatable bonds is 10. The van der Waals surface area contributed by atoms with E-state index < -0.39 is 48.6 Å². The number of benzene rings is 6. The number of hydrogen-bond acceptors (Lipinski definition) is 11. The molecule has 0 spiro atoms. The van der Waals surface area contributed by atoms with E-state index in [2.05, 4.69) is 33.1 Å². The zero-order valence-electron chi connectivity index (χ0n) is 29.0. The number of carbonyl (C=O) groups excluding carboxylic acids is 1. The molecule has 12 nitrogen and oxygen atoms in total. The van der Waals surface area contributed by atoms with Crippen molar-refractivity contribution in [2.75, 3.05) is 11.6 Å². The molecule has 6 rings (SSSR count). The molecular weight excluding hydrogens is 812 g/mol. The molecule has 0 radical (unpaired) electrons. The Morgan fingerprint density at radius 1 is 0.696 bits per heavy atom. The molecule has 19 heteroatoms. The monoisotopic (exact) mass is 839 g/mol. The van der Waals surface area contributed by atoms with E-state index in [9.17, 15) is 43.9 Å². The zero-order valence-corrected chi connectivity index (χ0v) is 32.3. The van der Waals surface area contributed by atoms with Crippen LogP contribution >= 0.6 is 24.4 Å². The molecule has 0 fully saturated rings. The lowest BCUT2D eigenvalue weighted by Crippen LogP contribution is -2.30. The summed E-state index contributed by atoms with van der Waals surface area (Å²) in [4.78, 5) is 11.8. The highest BCUT2D eigenvalue weighted by Crippen LogP contribution is 2.41. The highest BCUT2D eigenvalue weighted by Gasteiger charge is 2.39. The topological polar surface area (TPSA) is 187 Å². The Morgan fingerprint density at radius 2 is 1.18 bits per heavy atom. The van der Waals surface area contributed by atoms with Crippen LogP contribution in [0.2, 0.25) is 0 Å². The van der Waals surface area contributed by atoms with Gasteiger partial charge in [-0.15, -0.1) is 22.0 Å². The quantitative estimate of drug-likeness (QED) is 0.0454. The smallest absolute Gasteiger partial charge is 0.316 e. The lowest BCUT2D eigenvalue weighted by atomic mass is 10.0. The second-order valence-corrected chi connectivity index (χ2v) is 16.0. The predicted molar refractivity (Wildman–Crippen MR) is 212 cm³/mol. The van der Waals surface area contributed by atoms with Crippen molar-refractivity contribution < 1.29 is 43.9 Å². The molecule has 3 N–H and O–H groups in total. The molecule has 0 bridgehead atoms. The third kappa shape index (κ3) is 8.47. The zero-order chi connectivity index (χ0) is 40.6. The van der Waals surface area contributed by atoms with Crippen LogP contribution in [0, 0.1) is 6.92 Å². The van der Waals surface area contributed by atoms with Crippen molar-refractivity contribution in [1.29, 1.82) is 0 Å². The number of carbonyl (C=O) groups is 1. The van der Waals surface area contributed by atoms with Crippen LogP contribution in [0.4, 0.5) is 41.6 Å². The lowest BCUT2D eigenvalue weighted by molar-refractivity contribution is -0.167. The van der Waals surface area contributed by atoms with Crippen molar-refractivity contribution in [2.45, 2.75) is 33.5 Å². The minimum absolute atomic E-state index is 0.131. The maximum absolute atomic E-state index is 13.3. The summed E-state index contributed by atoms with van der Waals surface area (Å²) in [5.74, 6) is -2.20. The van der Waals surface area contributed by atoms with E-state index in [0.29, 0.717) is 33.2 Å². The fourth-order valence-electron chi connectivity index (χ4n) is 5.87. The molecule has 0 aromatic heterocycles. The van der Waals surface area contributed by atoms with E-state index in [1.165, 1.54) is 42.1 Å². The van der Waals surface area contributed by atoms with Gasteiger partial charge in [0.15, 0.2) is 0 Å². The fourth-order valence-corrected chi connectivity index (χ4v) is 8.12. The number of alkyl halides is 3. The number of nitrogens with zero attached hydrogens (tertiary/aromatic N) is 4. The van der Waals surface area contributed by atoms with Crippen molar-refractivity contribution in [2.24, 2.45) is 20.5 Å². The third-order valence-electron chi connectivity index (χ3n) is 8.58. The number of halogens is 3. The molecule has 0 aliphatic carbocycles. The summed E-state index contributed by atoms with van der Waals surface area (Å²) < 4.78 is 109. The number of hydrogen-bond donors (Lipinski definition) is 4. The van der Waals surface area contributed by atoms with E-state index in [4.69, 9.17) is 0 Å². The summed E-state index contributed by atoms with van der Waals surface area (Å²) in [7, 11) is -9.46. The molecule has 0 heterocycles. The van der Waals surface area contributed by atoms with Gasteiger partial charge in [0.2, 0.25) is 0 Å². The number of thioether (sulfide) groups is 1. The Bertz CT molecular complexity index is 2850. The summed E-state index contributed by atoms with van der Waals surface area (Å²) in [6.07, 6.45) is -3.44. The van der Waals surface area contributed by atoms with Gasteiger partial charge < -0.3 is 5.32 Å². The van der Waals surface area contributed by atoms with Crippen molar-refractivity contribution in [1.82, 2.24) is 0 Å². The normalized spacial score (nSPS) is 12.6. The molecule has 0 aliphatic heterocycles. The van der Waals surface area contributed by atoms with Crippen LogP contribution in [-0.4, -0.2) is 44.3 Å². The molecule has 0 unspecified atom stereocenters. The van der Waals surface area contributed by atoms with Gasteiger partial charge in [0, 0.05) is 26.8 Å². The van der Waals surface area contributed by atoms with Crippen LogP contribution in [0.3, 0.4) is 0 Å². The van der Waals surface area contributed by atoms with Crippen molar-refractivity contribution >= 4 is 101 Å². The van der Waals surface area contributed by atoms with Crippen LogP contribution < -0.4 is 5.32 Å². The van der Waals surface area contributed by atoms with Gasteiger partial charge in [-0.3, -0.25) is 13.9 Å². The van der Waals surface area contributed by atoms with Crippen molar-refractivity contribution in [3.63, 3.8) is 0 Å². The first kappa shape index (κ1) is 40.5. The molecule has 0 saturated heterocycles. The van der Waals surface area contributed by atoms with Crippen LogP contribution in [0.1, 0.15) is 11.1 Å². The van der Waals surface area contributed by atoms with Crippen molar-refractivity contribution in [3.8, 4) is 11.1 Å². The van der Waals surface area contributed by atoms with E-state index in [1.54, 1.807) is 66.8 Å². The number of amides is 1. The van der Waals surface area contributed by atoms with Gasteiger partial charge in [0.25, 0.3) is 20.2 Å². The Labute approximate surface area is 327 Å². The number of azo groups is 2. The van der Waals surface area contributed by atoms with Gasteiger partial charge in [0.05, 0.1) is 22.7 Å². The van der Waals surface area contributed by atoms with E-state index in [1.807, 2.05) is 12.3 Å². The summed E-state index contributed by atoms with van der Waals surface area (Å²) >= 11 is 5.80. The summed E-state index contributed by atoms with van der Waals surface area (Å²) in [5.41, 5.74) is 2.68. The number of fused-ring (bicyclic) bond motifs is 2. The molecule has 56 heavy (non-hydrogen) atoms. The van der Waals surface area contributed by atoms with Crippen LogP contribution in [0.15, 0.2) is 132 Å². The number of thiol groups is 1. The molecule has 288 valence electrons. The summed E-state index contributed by atoms with van der Waals surface area (Å²) in [5, 5.41) is 19.4. The first-order valence-corrected chi connectivity index (χ1v) is 20.8. The molecule has 0 aliphatic rings. The average Bonchev–Trinajstić information content (AvgIpc) is 3.15. The minimum Gasteiger partial charge on any atom is -0.316 e. The fraction of sp³-hybridized carbons (Fsp3) is 0.108. The third-order valence-corrected chi connectivity index (χ3v) is 11.5. The second kappa shape index (κ2) is 15.8. The van der Waals surface area contributed by atoms with Gasteiger partial charge in [0.1, 0.15) is 15.5 Å². The largest absolute Gasteiger partial charge is 0.471 e. The molecule has 0 saturated carbocycles. The second-order valence-electron chi connectivity index (χ2n) is 12.1. The predicted octanol–water partition coefficient (Wildman–Crippen LogP) is 10.9. The molecule has 6 aromatic carbocycles. The van der Waals surface area contributed by atoms with Gasteiger partial charge in [-0.05, 0) is 77.2 Å². The van der Waals surface area contributed by atoms with Gasteiger partial charge in [-0.1, -0.05) is 60.7 Å². The lowest BCUT2D eigenvalue weighted by Gasteiger charge is -2.15.